The Bertz CT molecular complexity index is 721. The predicted molar refractivity (Wildman–Crippen MR) is 92.3 cm³/mol. The fourth-order valence-electron chi connectivity index (χ4n) is 2.44. The number of nitrogens with one attached hydrogen (secondary N) is 1. The van der Waals surface area contributed by atoms with Crippen molar-refractivity contribution in [3.8, 4) is 5.75 Å². The van der Waals surface area contributed by atoms with E-state index in [-0.39, 0.29) is 12.2 Å². The summed E-state index contributed by atoms with van der Waals surface area (Å²) in [6.45, 7) is 2.06. The van der Waals surface area contributed by atoms with Gasteiger partial charge in [0.1, 0.15) is 5.75 Å². The highest BCUT2D eigenvalue weighted by atomic mass is 16.4. The van der Waals surface area contributed by atoms with Crippen molar-refractivity contribution >= 4 is 13.0 Å². The summed E-state index contributed by atoms with van der Waals surface area (Å²) in [6.07, 6.45) is 0.0908. The summed E-state index contributed by atoms with van der Waals surface area (Å²) in [4.78, 5) is 12.3. The monoisotopic (exact) mass is 328 g/mol. The highest BCUT2D eigenvalue weighted by molar-refractivity contribution is 6.43. The Morgan fingerprint density at radius 3 is 2.62 bits per heavy atom. The number of phenols is 1. The normalized spacial score (nSPS) is 11.8. The van der Waals surface area contributed by atoms with Gasteiger partial charge < -0.3 is 26.2 Å². The highest BCUT2D eigenvalue weighted by Gasteiger charge is 2.27. The van der Waals surface area contributed by atoms with Crippen molar-refractivity contribution in [1.29, 1.82) is 0 Å². The van der Waals surface area contributed by atoms with Gasteiger partial charge in [-0.25, -0.2) is 0 Å². The molecule has 6 N–H and O–H groups in total. The fraction of sp³-hybridized carbons (Fsp3) is 0.235. The Balaban J connectivity index is 2.16. The summed E-state index contributed by atoms with van der Waals surface area (Å²) < 4.78 is 0. The zero-order valence-corrected chi connectivity index (χ0v) is 13.4. The average molecular weight is 328 g/mol. The summed E-state index contributed by atoms with van der Waals surface area (Å²) in [6, 6.07) is 12.0. The molecule has 0 fully saturated rings. The van der Waals surface area contributed by atoms with Crippen LogP contribution < -0.4 is 11.1 Å². The van der Waals surface area contributed by atoms with Gasteiger partial charge >= 0.3 is 7.12 Å². The van der Waals surface area contributed by atoms with Crippen LogP contribution in [0.3, 0.4) is 0 Å². The summed E-state index contributed by atoms with van der Waals surface area (Å²) in [7, 11) is -1.76. The Hall–Kier alpha value is -2.35. The van der Waals surface area contributed by atoms with E-state index in [4.69, 9.17) is 5.73 Å². The molecule has 1 atom stereocenters. The molecule has 0 saturated carbocycles. The maximum Gasteiger partial charge on any atom is 0.475 e. The van der Waals surface area contributed by atoms with Crippen LogP contribution in [0.4, 0.5) is 0 Å². The molecule has 0 aliphatic carbocycles. The minimum Gasteiger partial charge on any atom is -0.507 e. The third-order valence-corrected chi connectivity index (χ3v) is 3.86. The molecule has 0 bridgehead atoms. The number of hydrogen-bond donors (Lipinski definition) is 5. The number of aromatic hydroxyl groups is 1. The second-order valence-corrected chi connectivity index (χ2v) is 5.68. The van der Waals surface area contributed by atoms with Crippen LogP contribution in [0.2, 0.25) is 0 Å². The standard InChI is InChI=1S/C17H21BN2O4/c1-11-4-2-6-13(16(11)21)9-15(18(23)24)20-17(22)14-7-3-5-12(8-14)10-19/h2-8,15,21,23-24H,9-10,19H2,1H3,(H,20,22)/t15-/m0/s1. The van der Waals surface area contributed by atoms with Crippen LogP contribution in [0.15, 0.2) is 42.5 Å². The molecule has 0 spiro atoms. The fourth-order valence-corrected chi connectivity index (χ4v) is 2.44. The number of para-hydroxylation sites is 1. The van der Waals surface area contributed by atoms with Crippen LogP contribution in [0.1, 0.15) is 27.0 Å². The summed E-state index contributed by atoms with van der Waals surface area (Å²) in [5, 5.41) is 31.8. The molecule has 0 aliphatic heterocycles. The molecule has 126 valence electrons. The molecule has 2 rings (SSSR count). The molecule has 7 heteroatoms. The predicted octanol–water partition coefficient (Wildman–Crippen LogP) is 0.512. The number of phenolic OH excluding ortho intramolecular Hbond substituents is 1. The molecule has 0 saturated heterocycles. The zero-order valence-electron chi connectivity index (χ0n) is 13.4. The lowest BCUT2D eigenvalue weighted by atomic mass is 9.75. The molecule has 0 radical (unpaired) electrons. The van der Waals surface area contributed by atoms with Crippen LogP contribution in [-0.4, -0.2) is 34.1 Å². The van der Waals surface area contributed by atoms with E-state index < -0.39 is 19.0 Å². The van der Waals surface area contributed by atoms with Gasteiger partial charge in [0, 0.05) is 12.1 Å². The first-order chi connectivity index (χ1) is 11.4. The molecule has 2 aromatic carbocycles. The van der Waals surface area contributed by atoms with Crippen LogP contribution in [0, 0.1) is 6.92 Å². The lowest BCUT2D eigenvalue weighted by Crippen LogP contribution is -2.47. The first-order valence-corrected chi connectivity index (χ1v) is 7.66. The van der Waals surface area contributed by atoms with Crippen molar-refractivity contribution in [2.24, 2.45) is 5.73 Å². The van der Waals surface area contributed by atoms with Gasteiger partial charge in [-0.05, 0) is 42.2 Å². The van der Waals surface area contributed by atoms with E-state index in [1.165, 1.54) is 0 Å². The molecule has 0 aliphatic rings. The molecule has 0 aromatic heterocycles. The highest BCUT2D eigenvalue weighted by Crippen LogP contribution is 2.23. The summed E-state index contributed by atoms with van der Waals surface area (Å²) in [5.74, 6) is -1.30. The maximum atomic E-state index is 12.3. The van der Waals surface area contributed by atoms with Gasteiger partial charge in [0.05, 0.1) is 5.94 Å². The van der Waals surface area contributed by atoms with Gasteiger partial charge in [-0.1, -0.05) is 30.3 Å². The molecular weight excluding hydrogens is 307 g/mol. The van der Waals surface area contributed by atoms with Gasteiger partial charge in [0.25, 0.3) is 5.91 Å². The average Bonchev–Trinajstić information content (AvgIpc) is 2.58. The van der Waals surface area contributed by atoms with E-state index in [0.717, 1.165) is 5.56 Å². The minimum absolute atomic E-state index is 0.0857. The number of benzene rings is 2. The third kappa shape index (κ3) is 4.35. The van der Waals surface area contributed by atoms with Crippen LogP contribution in [0.5, 0.6) is 5.75 Å². The number of carbonyl (C=O) groups is 1. The number of rotatable bonds is 6. The molecular formula is C17H21BN2O4. The number of carbonyl (C=O) groups excluding carboxylic acids is 1. The molecule has 6 nitrogen and oxygen atoms in total. The number of amides is 1. The lowest BCUT2D eigenvalue weighted by molar-refractivity contribution is 0.0941. The van der Waals surface area contributed by atoms with Crippen molar-refractivity contribution in [2.45, 2.75) is 25.8 Å². The van der Waals surface area contributed by atoms with Crippen molar-refractivity contribution in [1.82, 2.24) is 5.32 Å². The van der Waals surface area contributed by atoms with Gasteiger partial charge in [0.2, 0.25) is 0 Å². The van der Waals surface area contributed by atoms with Crippen molar-refractivity contribution < 1.29 is 19.9 Å². The SMILES string of the molecule is Cc1cccc(C[C@H](NC(=O)c2cccc(CN)c2)B(O)O)c1O. The second kappa shape index (κ2) is 7.96. The maximum absolute atomic E-state index is 12.3. The van der Waals surface area contributed by atoms with Crippen molar-refractivity contribution in [3.63, 3.8) is 0 Å². The third-order valence-electron chi connectivity index (χ3n) is 3.86. The number of nitrogens with two attached hydrogens (primary N) is 1. The quantitative estimate of drug-likeness (QED) is 0.496. The molecule has 1 amide bonds. The molecule has 0 heterocycles. The van der Waals surface area contributed by atoms with Gasteiger partial charge in [-0.3, -0.25) is 4.79 Å². The van der Waals surface area contributed by atoms with Gasteiger partial charge in [-0.2, -0.15) is 0 Å². The van der Waals surface area contributed by atoms with E-state index in [1.54, 1.807) is 49.4 Å². The van der Waals surface area contributed by atoms with E-state index in [2.05, 4.69) is 5.32 Å². The Labute approximate surface area is 141 Å². The smallest absolute Gasteiger partial charge is 0.475 e. The van der Waals surface area contributed by atoms with E-state index in [9.17, 15) is 19.9 Å². The zero-order chi connectivity index (χ0) is 17.7. The van der Waals surface area contributed by atoms with E-state index in [1.807, 2.05) is 0 Å². The largest absolute Gasteiger partial charge is 0.507 e. The molecule has 2 aromatic rings. The van der Waals surface area contributed by atoms with Crippen LogP contribution in [-0.2, 0) is 13.0 Å². The number of aryl methyl sites for hydroxylation is 1. The van der Waals surface area contributed by atoms with Gasteiger partial charge in [-0.15, -0.1) is 0 Å². The topological polar surface area (TPSA) is 116 Å². The minimum atomic E-state index is -1.76. The Kier molecular flexibility index (Phi) is 5.97. The van der Waals surface area contributed by atoms with Crippen molar-refractivity contribution in [2.75, 3.05) is 0 Å². The Morgan fingerprint density at radius 2 is 1.96 bits per heavy atom. The Morgan fingerprint density at radius 1 is 1.25 bits per heavy atom. The molecule has 0 unspecified atom stereocenters. The van der Waals surface area contributed by atoms with Crippen LogP contribution >= 0.6 is 0 Å². The van der Waals surface area contributed by atoms with Crippen LogP contribution in [0.25, 0.3) is 0 Å². The summed E-state index contributed by atoms with van der Waals surface area (Å²) in [5.41, 5.74) is 7.97. The van der Waals surface area contributed by atoms with E-state index >= 15 is 0 Å². The first-order valence-electron chi connectivity index (χ1n) is 7.66. The van der Waals surface area contributed by atoms with E-state index in [0.29, 0.717) is 23.2 Å². The van der Waals surface area contributed by atoms with Gasteiger partial charge in [0.15, 0.2) is 0 Å². The number of hydrogen-bond acceptors (Lipinski definition) is 5. The summed E-state index contributed by atoms with van der Waals surface area (Å²) >= 11 is 0. The lowest BCUT2D eigenvalue weighted by Gasteiger charge is -2.19. The second-order valence-electron chi connectivity index (χ2n) is 5.68. The van der Waals surface area contributed by atoms with Crippen molar-refractivity contribution in [3.05, 3.63) is 64.7 Å². The molecule has 24 heavy (non-hydrogen) atoms. The first kappa shape index (κ1) is 18.0.